The molecule has 4 rings (SSSR count). The first-order chi connectivity index (χ1) is 13.1. The summed E-state index contributed by atoms with van der Waals surface area (Å²) in [7, 11) is 3.20. The van der Waals surface area contributed by atoms with Gasteiger partial charge in [0.15, 0.2) is 17.6 Å². The fourth-order valence-corrected chi connectivity index (χ4v) is 2.86. The molecule has 0 fully saturated rings. The molecule has 0 spiro atoms. The number of methoxy groups -OCH3 is 1. The Morgan fingerprint density at radius 1 is 1.33 bits per heavy atom. The predicted octanol–water partition coefficient (Wildman–Crippen LogP) is 1.72. The highest BCUT2D eigenvalue weighted by molar-refractivity contribution is 6.05. The van der Waals surface area contributed by atoms with Crippen molar-refractivity contribution in [2.45, 2.75) is 12.6 Å². The van der Waals surface area contributed by atoms with E-state index in [0.29, 0.717) is 24.4 Å². The number of carbonyl (C=O) groups is 1. The number of nitrogens with zero attached hydrogens (tertiary/aromatic N) is 4. The van der Waals surface area contributed by atoms with Crippen LogP contribution in [0, 0.1) is 0 Å². The van der Waals surface area contributed by atoms with Crippen LogP contribution in [-0.2, 0) is 13.6 Å². The van der Waals surface area contributed by atoms with E-state index in [1.165, 1.54) is 11.8 Å². The van der Waals surface area contributed by atoms with Crippen LogP contribution in [0.1, 0.15) is 10.4 Å². The van der Waals surface area contributed by atoms with E-state index in [9.17, 15) is 4.79 Å². The van der Waals surface area contributed by atoms with Gasteiger partial charge < -0.3 is 19.5 Å². The van der Waals surface area contributed by atoms with Gasteiger partial charge in [-0.05, 0) is 12.1 Å². The van der Waals surface area contributed by atoms with Crippen LogP contribution in [0.5, 0.6) is 17.4 Å². The molecule has 0 saturated carbocycles. The number of anilines is 1. The van der Waals surface area contributed by atoms with E-state index in [2.05, 4.69) is 15.5 Å². The topological polar surface area (TPSA) is 92.4 Å². The van der Waals surface area contributed by atoms with E-state index in [1.807, 2.05) is 24.3 Å². The van der Waals surface area contributed by atoms with Gasteiger partial charge in [-0.2, -0.15) is 5.10 Å². The van der Waals surface area contributed by atoms with Crippen molar-refractivity contribution in [3.8, 4) is 17.4 Å². The molecule has 0 aliphatic carbocycles. The highest BCUT2D eigenvalue weighted by atomic mass is 16.6. The number of amides is 1. The molecule has 1 aromatic carbocycles. The predicted molar refractivity (Wildman–Crippen MR) is 96.3 cm³/mol. The second-order valence-corrected chi connectivity index (χ2v) is 6.13. The fourth-order valence-electron chi connectivity index (χ4n) is 2.86. The van der Waals surface area contributed by atoms with E-state index in [0.717, 1.165) is 11.5 Å². The quantitative estimate of drug-likeness (QED) is 0.736. The molecular weight excluding hydrogens is 350 g/mol. The van der Waals surface area contributed by atoms with Gasteiger partial charge in [0.1, 0.15) is 12.2 Å². The third kappa shape index (κ3) is 3.57. The largest absolute Gasteiger partial charge is 0.486 e. The summed E-state index contributed by atoms with van der Waals surface area (Å²) in [5.41, 5.74) is 0.927. The van der Waals surface area contributed by atoms with Gasteiger partial charge in [-0.1, -0.05) is 12.1 Å². The average molecular weight is 369 g/mol. The van der Waals surface area contributed by atoms with Gasteiger partial charge in [0.25, 0.3) is 5.91 Å². The van der Waals surface area contributed by atoms with Crippen molar-refractivity contribution in [1.29, 1.82) is 0 Å². The number of hydrogen-bond donors (Lipinski definition) is 1. The summed E-state index contributed by atoms with van der Waals surface area (Å²) in [6.45, 7) is 0.936. The van der Waals surface area contributed by atoms with Gasteiger partial charge in [0.05, 0.1) is 25.5 Å². The minimum Gasteiger partial charge on any atom is -0.486 e. The smallest absolute Gasteiger partial charge is 0.262 e. The first kappa shape index (κ1) is 17.0. The first-order valence-electron chi connectivity index (χ1n) is 8.42. The zero-order valence-electron chi connectivity index (χ0n) is 15.0. The van der Waals surface area contributed by atoms with E-state index in [1.54, 1.807) is 30.3 Å². The molecule has 3 heterocycles. The van der Waals surface area contributed by atoms with Gasteiger partial charge in [-0.3, -0.25) is 14.2 Å². The summed E-state index contributed by atoms with van der Waals surface area (Å²) >= 11 is 0. The van der Waals surface area contributed by atoms with Crippen LogP contribution >= 0.6 is 0 Å². The summed E-state index contributed by atoms with van der Waals surface area (Å²) in [6, 6.07) is 7.55. The van der Waals surface area contributed by atoms with E-state index < -0.39 is 0 Å². The molecule has 9 heteroatoms. The molecule has 1 aliphatic heterocycles. The van der Waals surface area contributed by atoms with Crippen molar-refractivity contribution < 1.29 is 19.0 Å². The number of hydrogen-bond acceptors (Lipinski definition) is 6. The average Bonchev–Trinajstić information content (AvgIpc) is 3.27. The number of aromatic nitrogens is 4. The molecule has 3 aromatic rings. The lowest BCUT2D eigenvalue weighted by Gasteiger charge is -2.26. The molecule has 1 N–H and O–H groups in total. The van der Waals surface area contributed by atoms with Crippen molar-refractivity contribution in [2.24, 2.45) is 7.05 Å². The van der Waals surface area contributed by atoms with Crippen molar-refractivity contribution in [3.63, 3.8) is 0 Å². The van der Waals surface area contributed by atoms with Crippen LogP contribution < -0.4 is 19.5 Å². The van der Waals surface area contributed by atoms with Crippen LogP contribution in [0.15, 0.2) is 42.9 Å². The molecule has 0 unspecified atom stereocenters. The standard InChI is InChI=1S/C18H19N5O4/c1-22-10-14(18(21-22)25-2)17(24)20-12-7-19-23(8-12)9-13-11-26-15-5-3-4-6-16(15)27-13/h3-8,10,13H,9,11H2,1-2H3,(H,20,24)/t13-/m0/s1. The highest BCUT2D eigenvalue weighted by Crippen LogP contribution is 2.31. The summed E-state index contributed by atoms with van der Waals surface area (Å²) in [6.07, 6.45) is 4.76. The minimum atomic E-state index is -0.314. The van der Waals surface area contributed by atoms with Crippen molar-refractivity contribution in [3.05, 3.63) is 48.4 Å². The van der Waals surface area contributed by atoms with Gasteiger partial charge in [0, 0.05) is 19.4 Å². The zero-order chi connectivity index (χ0) is 18.8. The number of para-hydroxylation sites is 2. The summed E-state index contributed by atoms with van der Waals surface area (Å²) < 4.78 is 20.0. The van der Waals surface area contributed by atoms with Crippen molar-refractivity contribution >= 4 is 11.6 Å². The second kappa shape index (κ2) is 7.02. The van der Waals surface area contributed by atoms with Gasteiger partial charge in [0.2, 0.25) is 5.88 Å². The third-order valence-electron chi connectivity index (χ3n) is 4.08. The number of ether oxygens (including phenoxy) is 3. The van der Waals surface area contributed by atoms with Gasteiger partial charge in [-0.15, -0.1) is 5.10 Å². The van der Waals surface area contributed by atoms with Crippen molar-refractivity contribution in [1.82, 2.24) is 19.6 Å². The Balaban J connectivity index is 1.40. The van der Waals surface area contributed by atoms with E-state index in [-0.39, 0.29) is 17.9 Å². The maximum atomic E-state index is 12.4. The number of nitrogens with one attached hydrogen (secondary N) is 1. The molecule has 1 aliphatic rings. The number of carbonyl (C=O) groups excluding carboxylic acids is 1. The lowest BCUT2D eigenvalue weighted by molar-refractivity contribution is 0.0759. The summed E-state index contributed by atoms with van der Waals surface area (Å²) in [5.74, 6) is 1.42. The number of aryl methyl sites for hydroxylation is 1. The molecule has 140 valence electrons. The van der Waals surface area contributed by atoms with Crippen LogP contribution in [0.2, 0.25) is 0 Å². The summed E-state index contributed by atoms with van der Waals surface area (Å²) in [5, 5.41) is 11.1. The number of rotatable bonds is 5. The lowest BCUT2D eigenvalue weighted by Crippen LogP contribution is -2.33. The fraction of sp³-hybridized carbons (Fsp3) is 0.278. The Hall–Kier alpha value is -3.49. The van der Waals surface area contributed by atoms with Crippen LogP contribution in [0.4, 0.5) is 5.69 Å². The van der Waals surface area contributed by atoms with Crippen LogP contribution in [-0.4, -0.2) is 45.3 Å². The first-order valence-corrected chi connectivity index (χ1v) is 8.42. The van der Waals surface area contributed by atoms with Gasteiger partial charge in [-0.25, -0.2) is 0 Å². The Morgan fingerprint density at radius 3 is 2.96 bits per heavy atom. The Kier molecular flexibility index (Phi) is 4.41. The third-order valence-corrected chi connectivity index (χ3v) is 4.08. The molecule has 1 amide bonds. The summed E-state index contributed by atoms with van der Waals surface area (Å²) in [4.78, 5) is 12.4. The zero-order valence-corrected chi connectivity index (χ0v) is 15.0. The normalized spacial score (nSPS) is 15.4. The molecule has 0 radical (unpaired) electrons. The molecule has 9 nitrogen and oxygen atoms in total. The SMILES string of the molecule is COc1nn(C)cc1C(=O)Nc1cnn(C[C@H]2COc3ccccc3O2)c1. The molecule has 2 aromatic heterocycles. The molecule has 1 atom stereocenters. The molecule has 27 heavy (non-hydrogen) atoms. The van der Waals surface area contributed by atoms with Crippen molar-refractivity contribution in [2.75, 3.05) is 19.0 Å². The Morgan fingerprint density at radius 2 is 2.15 bits per heavy atom. The number of benzene rings is 1. The monoisotopic (exact) mass is 369 g/mol. The Bertz CT molecular complexity index is 964. The van der Waals surface area contributed by atoms with E-state index >= 15 is 0 Å². The number of fused-ring (bicyclic) bond motifs is 1. The maximum Gasteiger partial charge on any atom is 0.262 e. The molecule has 0 saturated heterocycles. The lowest BCUT2D eigenvalue weighted by atomic mass is 10.2. The van der Waals surface area contributed by atoms with Crippen LogP contribution in [0.25, 0.3) is 0 Å². The molecular formula is C18H19N5O4. The second-order valence-electron chi connectivity index (χ2n) is 6.13. The maximum absolute atomic E-state index is 12.4. The Labute approximate surface area is 155 Å². The van der Waals surface area contributed by atoms with Crippen LogP contribution in [0.3, 0.4) is 0 Å². The minimum absolute atomic E-state index is 0.165. The molecule has 0 bridgehead atoms. The highest BCUT2D eigenvalue weighted by Gasteiger charge is 2.22. The van der Waals surface area contributed by atoms with Gasteiger partial charge >= 0.3 is 0 Å². The van der Waals surface area contributed by atoms with E-state index in [4.69, 9.17) is 14.2 Å².